The van der Waals surface area contributed by atoms with Gasteiger partial charge in [-0.25, -0.2) is 0 Å². The first kappa shape index (κ1) is 20.2. The molecule has 0 spiro atoms. The van der Waals surface area contributed by atoms with Gasteiger partial charge in [-0.05, 0) is 36.2 Å². The summed E-state index contributed by atoms with van der Waals surface area (Å²) in [6.07, 6.45) is 0.816. The number of carbonyl (C=O) groups is 1. The molecule has 0 aromatic heterocycles. The number of hydrogen-bond donors (Lipinski definition) is 1. The quantitative estimate of drug-likeness (QED) is 0.763. The standard InChI is InChI=1S/C23H31N3O2/c1-3-22(19-7-5-4-6-8-19)23(27)24-13-14-25-15-17-26(18-16-25)20-9-11-21(28-2)12-10-20/h4-12,22H,3,13-18H2,1-2H3,(H,24,27). The number of carbonyl (C=O) groups excluding carboxylic acids is 1. The van der Waals surface area contributed by atoms with Gasteiger partial charge in [0.1, 0.15) is 5.75 Å². The molecule has 1 amide bonds. The van der Waals surface area contributed by atoms with E-state index in [9.17, 15) is 4.79 Å². The van der Waals surface area contributed by atoms with Gasteiger partial charge >= 0.3 is 0 Å². The normalized spacial score (nSPS) is 15.9. The molecule has 1 unspecified atom stereocenters. The van der Waals surface area contributed by atoms with Crippen molar-refractivity contribution < 1.29 is 9.53 Å². The lowest BCUT2D eigenvalue weighted by atomic mass is 9.96. The third kappa shape index (κ3) is 5.26. The summed E-state index contributed by atoms with van der Waals surface area (Å²) >= 11 is 0. The lowest BCUT2D eigenvalue weighted by molar-refractivity contribution is -0.122. The van der Waals surface area contributed by atoms with Crippen LogP contribution in [0.15, 0.2) is 54.6 Å². The van der Waals surface area contributed by atoms with Crippen molar-refractivity contribution in [1.29, 1.82) is 0 Å². The van der Waals surface area contributed by atoms with Crippen molar-refractivity contribution in [2.75, 3.05) is 51.3 Å². The summed E-state index contributed by atoms with van der Waals surface area (Å²) in [5.41, 5.74) is 2.33. The van der Waals surface area contributed by atoms with Crippen molar-refractivity contribution in [2.24, 2.45) is 0 Å². The largest absolute Gasteiger partial charge is 0.497 e. The number of rotatable bonds is 8. The first-order chi connectivity index (χ1) is 13.7. The molecule has 5 heteroatoms. The first-order valence-electron chi connectivity index (χ1n) is 10.1. The average molecular weight is 382 g/mol. The molecule has 5 nitrogen and oxygen atoms in total. The van der Waals surface area contributed by atoms with Crippen LogP contribution in [-0.4, -0.2) is 57.2 Å². The van der Waals surface area contributed by atoms with Crippen LogP contribution in [0.3, 0.4) is 0 Å². The van der Waals surface area contributed by atoms with E-state index in [0.29, 0.717) is 6.54 Å². The molecular formula is C23H31N3O2. The van der Waals surface area contributed by atoms with Gasteiger partial charge in [0.25, 0.3) is 0 Å². The molecule has 0 saturated carbocycles. The Morgan fingerprint density at radius 3 is 2.32 bits per heavy atom. The number of amides is 1. The van der Waals surface area contributed by atoms with Crippen LogP contribution in [0.1, 0.15) is 24.8 Å². The molecule has 1 heterocycles. The van der Waals surface area contributed by atoms with E-state index in [1.807, 2.05) is 42.5 Å². The fraction of sp³-hybridized carbons (Fsp3) is 0.435. The molecule has 1 saturated heterocycles. The Labute approximate surface area is 168 Å². The van der Waals surface area contributed by atoms with E-state index in [1.165, 1.54) is 5.69 Å². The summed E-state index contributed by atoms with van der Waals surface area (Å²) in [6, 6.07) is 18.3. The predicted octanol–water partition coefficient (Wildman–Crippen LogP) is 3.13. The van der Waals surface area contributed by atoms with Gasteiger partial charge in [-0.2, -0.15) is 0 Å². The molecule has 150 valence electrons. The molecule has 1 aliphatic rings. The van der Waals surface area contributed by atoms with E-state index in [1.54, 1.807) is 7.11 Å². The Balaban J connectivity index is 1.41. The molecule has 0 bridgehead atoms. The molecule has 0 aliphatic carbocycles. The summed E-state index contributed by atoms with van der Waals surface area (Å²) in [4.78, 5) is 17.4. The van der Waals surface area contributed by atoms with Gasteiger partial charge in [0.05, 0.1) is 13.0 Å². The van der Waals surface area contributed by atoms with Crippen molar-refractivity contribution in [3.05, 3.63) is 60.2 Å². The van der Waals surface area contributed by atoms with Crippen LogP contribution < -0.4 is 15.0 Å². The van der Waals surface area contributed by atoms with Crippen molar-refractivity contribution >= 4 is 11.6 Å². The van der Waals surface area contributed by atoms with Gasteiger partial charge in [0.2, 0.25) is 5.91 Å². The third-order valence-electron chi connectivity index (χ3n) is 5.46. The number of ether oxygens (including phenoxy) is 1. The topological polar surface area (TPSA) is 44.8 Å². The highest BCUT2D eigenvalue weighted by atomic mass is 16.5. The Bertz CT molecular complexity index is 725. The maximum atomic E-state index is 12.6. The minimum Gasteiger partial charge on any atom is -0.497 e. The van der Waals surface area contributed by atoms with Gasteiger partial charge in [0.15, 0.2) is 0 Å². The number of anilines is 1. The second-order valence-electron chi connectivity index (χ2n) is 7.19. The minimum atomic E-state index is -0.0619. The molecule has 1 aliphatic heterocycles. The Hall–Kier alpha value is -2.53. The van der Waals surface area contributed by atoms with E-state index in [-0.39, 0.29) is 11.8 Å². The number of nitrogens with one attached hydrogen (secondary N) is 1. The zero-order chi connectivity index (χ0) is 19.8. The van der Waals surface area contributed by atoms with E-state index in [0.717, 1.165) is 50.5 Å². The lowest BCUT2D eigenvalue weighted by Gasteiger charge is -2.36. The SMILES string of the molecule is CCC(C(=O)NCCN1CCN(c2ccc(OC)cc2)CC1)c1ccccc1. The fourth-order valence-corrected chi connectivity index (χ4v) is 3.74. The minimum absolute atomic E-state index is 0.0619. The fourth-order valence-electron chi connectivity index (χ4n) is 3.74. The zero-order valence-corrected chi connectivity index (χ0v) is 16.9. The smallest absolute Gasteiger partial charge is 0.227 e. The van der Waals surface area contributed by atoms with Gasteiger partial charge in [0, 0.05) is 45.0 Å². The van der Waals surface area contributed by atoms with Gasteiger partial charge < -0.3 is 15.0 Å². The van der Waals surface area contributed by atoms with Gasteiger partial charge in [-0.1, -0.05) is 37.3 Å². The molecule has 1 N–H and O–H groups in total. The van der Waals surface area contributed by atoms with Crippen LogP contribution in [-0.2, 0) is 4.79 Å². The zero-order valence-electron chi connectivity index (χ0n) is 16.9. The third-order valence-corrected chi connectivity index (χ3v) is 5.46. The highest BCUT2D eigenvalue weighted by Crippen LogP contribution is 2.21. The van der Waals surface area contributed by atoms with Crippen molar-refractivity contribution in [2.45, 2.75) is 19.3 Å². The number of benzene rings is 2. The second kappa shape index (κ2) is 10.1. The molecule has 1 fully saturated rings. The summed E-state index contributed by atoms with van der Waals surface area (Å²) in [5.74, 6) is 0.956. The lowest BCUT2D eigenvalue weighted by Crippen LogP contribution is -2.48. The van der Waals surface area contributed by atoms with Gasteiger partial charge in [-0.15, -0.1) is 0 Å². The van der Waals surface area contributed by atoms with E-state index in [4.69, 9.17) is 4.74 Å². The monoisotopic (exact) mass is 381 g/mol. The van der Waals surface area contributed by atoms with Crippen LogP contribution in [0.2, 0.25) is 0 Å². The van der Waals surface area contributed by atoms with Crippen LogP contribution in [0.25, 0.3) is 0 Å². The Morgan fingerprint density at radius 2 is 1.71 bits per heavy atom. The highest BCUT2D eigenvalue weighted by molar-refractivity contribution is 5.83. The van der Waals surface area contributed by atoms with Crippen LogP contribution in [0.4, 0.5) is 5.69 Å². The number of piperazine rings is 1. The molecule has 2 aromatic carbocycles. The average Bonchev–Trinajstić information content (AvgIpc) is 2.76. The summed E-state index contributed by atoms with van der Waals surface area (Å²) < 4.78 is 5.23. The molecule has 0 radical (unpaired) electrons. The molecular weight excluding hydrogens is 350 g/mol. The predicted molar refractivity (Wildman–Crippen MR) is 114 cm³/mol. The van der Waals surface area contributed by atoms with E-state index < -0.39 is 0 Å². The summed E-state index contributed by atoms with van der Waals surface area (Å²) in [5, 5.41) is 3.13. The second-order valence-corrected chi connectivity index (χ2v) is 7.19. The van der Waals surface area contributed by atoms with E-state index >= 15 is 0 Å². The molecule has 1 atom stereocenters. The highest BCUT2D eigenvalue weighted by Gasteiger charge is 2.20. The van der Waals surface area contributed by atoms with Crippen LogP contribution in [0, 0.1) is 0 Å². The van der Waals surface area contributed by atoms with Crippen molar-refractivity contribution in [1.82, 2.24) is 10.2 Å². The van der Waals surface area contributed by atoms with Gasteiger partial charge in [-0.3, -0.25) is 9.69 Å². The maximum absolute atomic E-state index is 12.6. The van der Waals surface area contributed by atoms with Crippen LogP contribution in [0.5, 0.6) is 5.75 Å². The Kier molecular flexibility index (Phi) is 7.31. The van der Waals surface area contributed by atoms with Crippen molar-refractivity contribution in [3.63, 3.8) is 0 Å². The molecule has 28 heavy (non-hydrogen) atoms. The van der Waals surface area contributed by atoms with Crippen LogP contribution >= 0.6 is 0 Å². The van der Waals surface area contributed by atoms with E-state index in [2.05, 4.69) is 34.2 Å². The first-order valence-corrected chi connectivity index (χ1v) is 10.1. The Morgan fingerprint density at radius 1 is 1.04 bits per heavy atom. The summed E-state index contributed by atoms with van der Waals surface area (Å²) in [6.45, 7) is 7.69. The number of methoxy groups -OCH3 is 1. The number of nitrogens with zero attached hydrogens (tertiary/aromatic N) is 2. The van der Waals surface area contributed by atoms with Crippen molar-refractivity contribution in [3.8, 4) is 5.75 Å². The maximum Gasteiger partial charge on any atom is 0.227 e. The molecule has 2 aromatic rings. The number of hydrogen-bond acceptors (Lipinski definition) is 4. The summed E-state index contributed by atoms with van der Waals surface area (Å²) in [7, 11) is 1.69. The molecule has 3 rings (SSSR count).